The molecule has 2 aromatic rings. The van der Waals surface area contributed by atoms with Gasteiger partial charge in [0.1, 0.15) is 5.76 Å². The van der Waals surface area contributed by atoms with Gasteiger partial charge >= 0.3 is 0 Å². The number of carbonyl (C=O) groups excluding carboxylic acids is 1. The first-order valence-electron chi connectivity index (χ1n) is 6.74. The maximum Gasteiger partial charge on any atom is 0.276 e. The van der Waals surface area contributed by atoms with Crippen LogP contribution in [-0.4, -0.2) is 22.0 Å². The van der Waals surface area contributed by atoms with Gasteiger partial charge in [0.25, 0.3) is 5.91 Å². The smallest absolute Gasteiger partial charge is 0.276 e. The number of carbonyl (C=O) groups is 1. The molecule has 108 valence electrons. The van der Waals surface area contributed by atoms with Crippen molar-refractivity contribution in [2.24, 2.45) is 0 Å². The Hall–Kier alpha value is -2.61. The van der Waals surface area contributed by atoms with Gasteiger partial charge in [-0.3, -0.25) is 4.79 Å². The fourth-order valence-corrected chi connectivity index (χ4v) is 1.98. The highest BCUT2D eigenvalue weighted by molar-refractivity contribution is 5.92. The summed E-state index contributed by atoms with van der Waals surface area (Å²) in [6.07, 6.45) is 0. The van der Waals surface area contributed by atoms with Crippen molar-refractivity contribution in [2.45, 2.75) is 33.4 Å². The van der Waals surface area contributed by atoms with Gasteiger partial charge in [0, 0.05) is 18.7 Å². The van der Waals surface area contributed by atoms with E-state index in [-0.39, 0.29) is 11.9 Å². The van der Waals surface area contributed by atoms with Crippen LogP contribution in [0.3, 0.4) is 0 Å². The Morgan fingerprint density at radius 3 is 2.52 bits per heavy atom. The number of amides is 1. The third kappa shape index (κ3) is 3.48. The summed E-state index contributed by atoms with van der Waals surface area (Å²) in [7, 11) is 0. The van der Waals surface area contributed by atoms with Gasteiger partial charge in [-0.2, -0.15) is 5.26 Å². The van der Waals surface area contributed by atoms with E-state index in [1.165, 1.54) is 0 Å². The van der Waals surface area contributed by atoms with Gasteiger partial charge in [-0.05, 0) is 38.5 Å². The average Bonchev–Trinajstić information content (AvgIpc) is 2.91. The predicted molar refractivity (Wildman–Crippen MR) is 77.4 cm³/mol. The van der Waals surface area contributed by atoms with E-state index in [0.29, 0.717) is 23.6 Å². The number of hydrogen-bond acceptors (Lipinski definition) is 4. The Labute approximate surface area is 123 Å². The third-order valence-electron chi connectivity index (χ3n) is 3.17. The van der Waals surface area contributed by atoms with E-state index in [0.717, 1.165) is 5.56 Å². The minimum Gasteiger partial charge on any atom is -0.361 e. The molecule has 5 heteroatoms. The minimum atomic E-state index is -0.161. The van der Waals surface area contributed by atoms with Gasteiger partial charge < -0.3 is 9.42 Å². The van der Waals surface area contributed by atoms with Crippen molar-refractivity contribution in [2.75, 3.05) is 0 Å². The normalized spacial score (nSPS) is 10.4. The lowest BCUT2D eigenvalue weighted by Crippen LogP contribution is -2.36. The summed E-state index contributed by atoms with van der Waals surface area (Å²) in [5.41, 5.74) is 1.89. The third-order valence-corrected chi connectivity index (χ3v) is 3.17. The van der Waals surface area contributed by atoms with Crippen LogP contribution in [0.4, 0.5) is 0 Å². The van der Waals surface area contributed by atoms with Gasteiger partial charge in [-0.25, -0.2) is 0 Å². The first-order chi connectivity index (χ1) is 10.0. The molecule has 0 saturated heterocycles. The van der Waals surface area contributed by atoms with Crippen LogP contribution >= 0.6 is 0 Å². The van der Waals surface area contributed by atoms with Crippen LogP contribution in [0.15, 0.2) is 34.9 Å². The molecule has 21 heavy (non-hydrogen) atoms. The van der Waals surface area contributed by atoms with Crippen molar-refractivity contribution in [1.29, 1.82) is 5.26 Å². The maximum atomic E-state index is 12.5. The highest BCUT2D eigenvalue weighted by atomic mass is 16.5. The van der Waals surface area contributed by atoms with Crippen LogP contribution < -0.4 is 0 Å². The molecule has 1 heterocycles. The fourth-order valence-electron chi connectivity index (χ4n) is 1.98. The van der Waals surface area contributed by atoms with Gasteiger partial charge in [0.05, 0.1) is 11.6 Å². The summed E-state index contributed by atoms with van der Waals surface area (Å²) >= 11 is 0. The molecule has 0 aliphatic heterocycles. The number of benzene rings is 1. The zero-order valence-electron chi connectivity index (χ0n) is 12.3. The lowest BCUT2D eigenvalue weighted by atomic mass is 10.1. The summed E-state index contributed by atoms with van der Waals surface area (Å²) in [5, 5.41) is 12.6. The topological polar surface area (TPSA) is 70.1 Å². The van der Waals surface area contributed by atoms with Gasteiger partial charge in [0.15, 0.2) is 5.69 Å². The van der Waals surface area contributed by atoms with Crippen molar-refractivity contribution < 1.29 is 9.32 Å². The molecule has 0 aliphatic carbocycles. The Balaban J connectivity index is 2.19. The molecule has 0 N–H and O–H groups in total. The number of nitriles is 1. The van der Waals surface area contributed by atoms with Crippen molar-refractivity contribution in [1.82, 2.24) is 10.1 Å². The van der Waals surface area contributed by atoms with Crippen LogP contribution in [0.25, 0.3) is 0 Å². The summed E-state index contributed by atoms with van der Waals surface area (Å²) in [6, 6.07) is 11.0. The largest absolute Gasteiger partial charge is 0.361 e. The number of aromatic nitrogens is 1. The van der Waals surface area contributed by atoms with Gasteiger partial charge in [-0.15, -0.1) is 0 Å². The highest BCUT2D eigenvalue weighted by Gasteiger charge is 2.22. The zero-order valence-corrected chi connectivity index (χ0v) is 12.3. The van der Waals surface area contributed by atoms with Crippen molar-refractivity contribution in [3.05, 3.63) is 52.9 Å². The number of nitrogens with zero attached hydrogens (tertiary/aromatic N) is 3. The van der Waals surface area contributed by atoms with E-state index in [4.69, 9.17) is 9.78 Å². The standard InChI is InChI=1S/C16H17N3O2/c1-11(2)19(16(20)15-8-12(3)21-18-15)10-14-6-4-13(9-17)5-7-14/h4-8,11H,10H2,1-3H3. The SMILES string of the molecule is Cc1cc(C(=O)N(Cc2ccc(C#N)cc2)C(C)C)no1. The Morgan fingerprint density at radius 2 is 2.05 bits per heavy atom. The molecular weight excluding hydrogens is 266 g/mol. The van der Waals surface area contributed by atoms with Crippen LogP contribution in [0.5, 0.6) is 0 Å². The Bertz CT molecular complexity index is 666. The molecule has 1 amide bonds. The second kappa shape index (κ2) is 6.23. The monoisotopic (exact) mass is 283 g/mol. The van der Waals surface area contributed by atoms with Crippen LogP contribution in [-0.2, 0) is 6.54 Å². The average molecular weight is 283 g/mol. The van der Waals surface area contributed by atoms with E-state index in [1.807, 2.05) is 26.0 Å². The molecule has 0 spiro atoms. The lowest BCUT2D eigenvalue weighted by Gasteiger charge is -2.26. The van der Waals surface area contributed by atoms with Crippen LogP contribution in [0.2, 0.25) is 0 Å². The van der Waals surface area contributed by atoms with Crippen molar-refractivity contribution in [3.63, 3.8) is 0 Å². The highest BCUT2D eigenvalue weighted by Crippen LogP contribution is 2.14. The molecule has 0 atom stereocenters. The molecule has 1 aromatic heterocycles. The fraction of sp³-hybridized carbons (Fsp3) is 0.312. The number of hydrogen-bond donors (Lipinski definition) is 0. The Morgan fingerprint density at radius 1 is 1.38 bits per heavy atom. The molecular formula is C16H17N3O2. The predicted octanol–water partition coefficient (Wildman–Crippen LogP) is 2.91. The molecule has 0 bridgehead atoms. The second-order valence-electron chi connectivity index (χ2n) is 5.16. The molecule has 1 aromatic carbocycles. The zero-order chi connectivity index (χ0) is 15.4. The molecule has 5 nitrogen and oxygen atoms in total. The molecule has 2 rings (SSSR count). The summed E-state index contributed by atoms with van der Waals surface area (Å²) in [5.74, 6) is 0.451. The van der Waals surface area contributed by atoms with Crippen LogP contribution in [0, 0.1) is 18.3 Å². The quantitative estimate of drug-likeness (QED) is 0.865. The van der Waals surface area contributed by atoms with Crippen molar-refractivity contribution in [3.8, 4) is 6.07 Å². The van der Waals surface area contributed by atoms with Gasteiger partial charge in [0.2, 0.25) is 0 Å². The molecule has 0 unspecified atom stereocenters. The summed E-state index contributed by atoms with van der Waals surface area (Å²) < 4.78 is 4.96. The number of aryl methyl sites for hydroxylation is 1. The molecule has 0 radical (unpaired) electrons. The lowest BCUT2D eigenvalue weighted by molar-refractivity contribution is 0.0679. The number of rotatable bonds is 4. The van der Waals surface area contributed by atoms with Gasteiger partial charge in [-0.1, -0.05) is 17.3 Å². The second-order valence-corrected chi connectivity index (χ2v) is 5.16. The van der Waals surface area contributed by atoms with E-state index in [2.05, 4.69) is 11.2 Å². The summed E-state index contributed by atoms with van der Waals surface area (Å²) in [6.45, 7) is 6.13. The van der Waals surface area contributed by atoms with E-state index in [1.54, 1.807) is 30.0 Å². The van der Waals surface area contributed by atoms with E-state index < -0.39 is 0 Å². The molecule has 0 fully saturated rings. The molecule has 0 aliphatic rings. The van der Waals surface area contributed by atoms with E-state index in [9.17, 15) is 4.79 Å². The molecule has 0 saturated carbocycles. The van der Waals surface area contributed by atoms with Crippen LogP contribution in [0.1, 0.15) is 41.2 Å². The van der Waals surface area contributed by atoms with Crippen molar-refractivity contribution >= 4 is 5.91 Å². The summed E-state index contributed by atoms with van der Waals surface area (Å²) in [4.78, 5) is 14.2. The van der Waals surface area contributed by atoms with E-state index >= 15 is 0 Å². The maximum absolute atomic E-state index is 12.5. The Kier molecular flexibility index (Phi) is 4.39. The first kappa shape index (κ1) is 14.8. The first-order valence-corrected chi connectivity index (χ1v) is 6.74. The minimum absolute atomic E-state index is 0.0325.